The number of nitroso groups, excluding NO2 is 1. The lowest BCUT2D eigenvalue weighted by Gasteiger charge is -2.15. The smallest absolute Gasteiger partial charge is 0.336 e. The first-order valence-electron chi connectivity index (χ1n) is 38.3. The van der Waals surface area contributed by atoms with Crippen molar-refractivity contribution in [3.05, 3.63) is 319 Å². The van der Waals surface area contributed by atoms with Gasteiger partial charge in [0, 0.05) is 63.9 Å². The van der Waals surface area contributed by atoms with Gasteiger partial charge in [0.25, 0.3) is 23.6 Å². The molecule has 0 saturated heterocycles. The monoisotopic (exact) mass is 1710 g/mol. The van der Waals surface area contributed by atoms with Gasteiger partial charge in [-0.1, -0.05) is 180 Å². The molecule has 2 aliphatic rings. The molecular formula is C90H79ClN16O12S3. The Balaban J connectivity index is 0.000000136. The van der Waals surface area contributed by atoms with Gasteiger partial charge in [0.2, 0.25) is 16.2 Å². The molecule has 0 spiro atoms. The second-order valence-electron chi connectivity index (χ2n) is 27.5. The molecule has 9 aromatic carbocycles. The summed E-state index contributed by atoms with van der Waals surface area (Å²) >= 11 is 9.93. The predicted molar refractivity (Wildman–Crippen MR) is 472 cm³/mol. The number of carboxylic acids is 1. The number of carboxylic acid groups (broad SMARTS) is 1. The number of phenols is 2. The maximum atomic E-state index is 13.2. The number of rotatable bonds is 23. The van der Waals surface area contributed by atoms with Crippen LogP contribution >= 0.6 is 46.0 Å². The van der Waals surface area contributed by atoms with E-state index in [2.05, 4.69) is 69.1 Å². The van der Waals surface area contributed by atoms with Crippen LogP contribution in [0.15, 0.2) is 258 Å². The maximum absolute atomic E-state index is 13.2. The van der Waals surface area contributed by atoms with E-state index in [1.165, 1.54) is 71.3 Å². The summed E-state index contributed by atoms with van der Waals surface area (Å²) in [6, 6.07) is 72.7. The Labute approximate surface area is 716 Å². The van der Waals surface area contributed by atoms with Crippen LogP contribution in [0, 0.1) is 18.8 Å². The average molecular weight is 1710 g/mol. The molecule has 32 heteroatoms. The number of pyridine rings is 2. The molecule has 15 aromatic rings. The van der Waals surface area contributed by atoms with E-state index in [1.807, 2.05) is 183 Å². The molecule has 17 rings (SSSR count). The minimum Gasteiger partial charge on any atom is -0.504 e. The summed E-state index contributed by atoms with van der Waals surface area (Å²) in [5, 5.41) is 72.6. The fourth-order valence-electron chi connectivity index (χ4n) is 12.4. The number of hydrogen-bond donors (Lipinski definition) is 7. The normalized spacial score (nSPS) is 11.7. The van der Waals surface area contributed by atoms with Crippen LogP contribution in [-0.4, -0.2) is 109 Å². The van der Waals surface area contributed by atoms with Crippen molar-refractivity contribution < 1.29 is 53.2 Å². The zero-order chi connectivity index (χ0) is 85.8. The lowest BCUT2D eigenvalue weighted by Crippen LogP contribution is -2.24. The van der Waals surface area contributed by atoms with E-state index in [4.69, 9.17) is 41.1 Å². The lowest BCUT2D eigenvalue weighted by atomic mass is 10.0. The van der Waals surface area contributed by atoms with Crippen LogP contribution in [0.1, 0.15) is 123 Å². The Morgan fingerprint density at radius 1 is 0.639 bits per heavy atom. The lowest BCUT2D eigenvalue weighted by molar-refractivity contribution is -0.113. The summed E-state index contributed by atoms with van der Waals surface area (Å²) in [5.41, 5.74) is 10.9. The van der Waals surface area contributed by atoms with Crippen LogP contribution < -0.4 is 35.9 Å². The highest BCUT2D eigenvalue weighted by Crippen LogP contribution is 2.42. The molecule has 28 nitrogen and oxygen atoms in total. The number of nitrogens with one attached hydrogen (secondary N) is 4. The van der Waals surface area contributed by atoms with Gasteiger partial charge >= 0.3 is 5.97 Å². The molecule has 0 bridgehead atoms. The highest BCUT2D eigenvalue weighted by molar-refractivity contribution is 7.99. The van der Waals surface area contributed by atoms with E-state index >= 15 is 0 Å². The van der Waals surface area contributed by atoms with E-state index in [0.717, 1.165) is 90.6 Å². The largest absolute Gasteiger partial charge is 0.504 e. The van der Waals surface area contributed by atoms with Gasteiger partial charge in [-0.25, -0.2) is 19.8 Å². The number of aromatic nitrogens is 9. The molecule has 5 amide bonds. The molecule has 7 N–H and O–H groups in total. The Morgan fingerprint density at radius 2 is 1.28 bits per heavy atom. The number of para-hydroxylation sites is 3. The molecule has 616 valence electrons. The third-order valence-corrected chi connectivity index (χ3v) is 22.0. The van der Waals surface area contributed by atoms with Gasteiger partial charge < -0.3 is 44.6 Å². The summed E-state index contributed by atoms with van der Waals surface area (Å²) in [6.07, 6.45) is 3.28. The predicted octanol–water partition coefficient (Wildman–Crippen LogP) is 18.6. The standard InChI is InChI=1S/C25H17ClN4O2S.C23H27N5O2S.C20H16N4O2S.C15H11NO3.C7H8N2O3/c26-17-10-12-18(13-11-17)32-15-23-29-30-25(33-23)28-24(31)20-14-22(16-6-2-1-3-7-16)27-21-9-5-4-8-19(20)21;1-4-17-8-12-19(13-9-17)25-21(29)15-31-23-27-26-20(28(23)5-2)14-24-22(30)18-10-6-16(3)7-11-18;1-11-6-9-17(26-11)16-10-14(13-4-2-3-5-15(13)21-16)18(25)22-20-24-23-19(27-20)12-7-8-12;17-14-13-10(5-4-8-12(13)15(18)19)9-16(14)11-6-2-1-3-7-11;1-9(8-12)5-2-3-6(10)7(11)4-5/h1-14H,15H2,(H,28,30,31);6-13H,4-5,14-15H2,1-3H3,(H,24,30)(H,25,29);2-6,9-10,12H,7-8H2,1H3,(H,22,24,25);1-8H,9H2,(H,18,19);2-4,10-11H,1H3. The minimum absolute atomic E-state index is 0.0703. The number of aromatic hydroxyl groups is 2. The van der Waals surface area contributed by atoms with Crippen LogP contribution in [0.5, 0.6) is 17.2 Å². The minimum atomic E-state index is -1.07. The van der Waals surface area contributed by atoms with Crippen LogP contribution in [0.25, 0.3) is 44.5 Å². The van der Waals surface area contributed by atoms with Gasteiger partial charge in [0.05, 0.1) is 68.8 Å². The van der Waals surface area contributed by atoms with E-state index in [0.29, 0.717) is 95.4 Å². The Kier molecular flexibility index (Phi) is 28.3. The van der Waals surface area contributed by atoms with Crippen molar-refractivity contribution in [2.45, 2.75) is 84.3 Å². The second kappa shape index (κ2) is 40.4. The molecule has 122 heavy (non-hydrogen) atoms. The Hall–Kier alpha value is -14.4. The molecule has 1 aliphatic heterocycles. The fraction of sp³-hybridized carbons (Fsp3) is 0.156. The van der Waals surface area contributed by atoms with Gasteiger partial charge in [0.1, 0.15) is 28.8 Å². The molecule has 1 fully saturated rings. The number of ether oxygens (including phenoxy) is 1. The Morgan fingerprint density at radius 3 is 1.91 bits per heavy atom. The van der Waals surface area contributed by atoms with Crippen molar-refractivity contribution in [3.63, 3.8) is 0 Å². The van der Waals surface area contributed by atoms with Gasteiger partial charge in [-0.05, 0) is 166 Å². The molecule has 0 radical (unpaired) electrons. The first kappa shape index (κ1) is 85.5. The second-order valence-corrected chi connectivity index (χ2v) is 31.0. The number of benzene rings is 9. The molecule has 6 aromatic heterocycles. The van der Waals surface area contributed by atoms with Crippen LogP contribution in [0.4, 0.5) is 27.3 Å². The Bertz CT molecular complexity index is 6250. The summed E-state index contributed by atoms with van der Waals surface area (Å²) in [5.74, 6) is 0.934. The number of carbonyl (C=O) groups excluding carboxylic acids is 5. The number of halogens is 1. The summed E-state index contributed by atoms with van der Waals surface area (Å²) in [4.78, 5) is 95.4. The SMILES string of the molecule is CCc1ccc(NC(=O)CSc2nnc(CNC(=O)c3ccc(C)cc3)n2CC)cc1.CN(N=O)c1ccc(O)c(O)c1.Cc1ccc(-c2cc(C(=O)Nc3nnc(C4CC4)s3)c3ccccc3n2)o1.O=C(Nc1nnc(COc2ccc(Cl)cc2)s1)c1cc(-c2ccccc2)nc2ccccc12.O=C(O)c1cccc2c1C(=O)N(c1ccccc1)C2. The topological polar surface area (TPSA) is 378 Å². The van der Waals surface area contributed by atoms with Gasteiger partial charge in [-0.2, -0.15) is 0 Å². The third kappa shape index (κ3) is 22.1. The molecule has 0 unspecified atom stereocenters. The van der Waals surface area contributed by atoms with E-state index in [-0.39, 0.29) is 65.5 Å². The molecule has 1 aliphatic carbocycles. The number of thioether (sulfide) groups is 1. The summed E-state index contributed by atoms with van der Waals surface area (Å²) in [7, 11) is 1.44. The van der Waals surface area contributed by atoms with Gasteiger partial charge in [-0.15, -0.1) is 35.5 Å². The van der Waals surface area contributed by atoms with Crippen molar-refractivity contribution >= 4 is 131 Å². The number of fused-ring (bicyclic) bond motifs is 3. The maximum Gasteiger partial charge on any atom is 0.336 e. The highest BCUT2D eigenvalue weighted by Gasteiger charge is 2.33. The number of hydrogen-bond acceptors (Lipinski definition) is 23. The van der Waals surface area contributed by atoms with Crippen molar-refractivity contribution in [3.8, 4) is 40.0 Å². The number of nitrogens with zero attached hydrogens (tertiary/aromatic N) is 12. The van der Waals surface area contributed by atoms with Gasteiger partial charge in [0.15, 0.2) is 33.2 Å². The third-order valence-electron chi connectivity index (χ3n) is 18.9. The van der Waals surface area contributed by atoms with E-state index in [9.17, 15) is 33.7 Å². The number of amides is 5. The van der Waals surface area contributed by atoms with Crippen LogP contribution in [0.3, 0.4) is 0 Å². The molecule has 7 heterocycles. The van der Waals surface area contributed by atoms with Crippen LogP contribution in [0.2, 0.25) is 5.02 Å². The molecule has 0 atom stereocenters. The van der Waals surface area contributed by atoms with Crippen LogP contribution in [-0.2, 0) is 37.5 Å². The number of aryl methyl sites for hydroxylation is 3. The van der Waals surface area contributed by atoms with E-state index < -0.39 is 5.97 Å². The average Bonchev–Trinajstić information content (AvgIpc) is 1.52. The first-order valence-corrected chi connectivity index (χ1v) is 41.3. The van der Waals surface area contributed by atoms with Crippen molar-refractivity contribution in [2.75, 3.05) is 38.7 Å². The number of carbonyl (C=O) groups is 6. The highest BCUT2D eigenvalue weighted by atomic mass is 35.5. The molecule has 1 saturated carbocycles. The van der Waals surface area contributed by atoms with E-state index in [1.54, 1.807) is 65.6 Å². The number of anilines is 5. The number of aromatic carboxylic acids is 1. The fourth-order valence-corrected chi connectivity index (χ4v) is 14.9. The number of furan rings is 1. The van der Waals surface area contributed by atoms with Crippen molar-refractivity contribution in [1.82, 2.24) is 50.4 Å². The number of phenolic OH excluding ortho intramolecular Hbond substituents is 2. The quantitative estimate of drug-likeness (QED) is 0.0135. The molecular weight excluding hydrogens is 1630 g/mol. The summed E-state index contributed by atoms with van der Waals surface area (Å²) in [6.45, 7) is 9.50. The zero-order valence-electron chi connectivity index (χ0n) is 66.3. The zero-order valence-corrected chi connectivity index (χ0v) is 69.5. The first-order chi connectivity index (χ1) is 59.1. The van der Waals surface area contributed by atoms with Gasteiger partial charge in [-0.3, -0.25) is 34.6 Å². The van der Waals surface area contributed by atoms with Crippen molar-refractivity contribution in [1.29, 1.82) is 0 Å². The summed E-state index contributed by atoms with van der Waals surface area (Å²) < 4.78 is 13.3. The van der Waals surface area contributed by atoms with Crippen molar-refractivity contribution in [2.24, 2.45) is 5.29 Å².